The first-order valence-corrected chi connectivity index (χ1v) is 9.88. The number of carbonyl (C=O) groups excluding carboxylic acids is 1. The maximum Gasteiger partial charge on any atom is 0.262 e. The minimum atomic E-state index is -0.142. The average Bonchev–Trinajstić information content (AvgIpc) is 3.10. The number of benzene rings is 2. The van der Waals surface area contributed by atoms with Gasteiger partial charge in [0, 0.05) is 23.1 Å². The summed E-state index contributed by atoms with van der Waals surface area (Å²) in [7, 11) is 0. The molecule has 1 aromatic heterocycles. The Morgan fingerprint density at radius 3 is 2.82 bits per heavy atom. The van der Waals surface area contributed by atoms with E-state index in [1.165, 1.54) is 28.7 Å². The van der Waals surface area contributed by atoms with Gasteiger partial charge in [-0.1, -0.05) is 30.3 Å². The minimum Gasteiger partial charge on any atom is -0.483 e. The lowest BCUT2D eigenvalue weighted by Crippen LogP contribution is -2.21. The van der Waals surface area contributed by atoms with Crippen molar-refractivity contribution in [1.82, 2.24) is 4.98 Å². The highest BCUT2D eigenvalue weighted by Crippen LogP contribution is 2.37. The molecular weight excluding hydrogens is 348 g/mol. The van der Waals surface area contributed by atoms with Crippen LogP contribution in [-0.4, -0.2) is 17.5 Å². The number of anilines is 1. The molecule has 0 atom stereocenters. The second-order valence-corrected chi connectivity index (χ2v) is 7.48. The monoisotopic (exact) mass is 370 g/mol. The van der Waals surface area contributed by atoms with Crippen LogP contribution >= 0.6 is 0 Å². The SMILES string of the molecule is O=C(COc1ccnc2c1CCCC2)Nc1ccc2c(c1)Cc1ccccc1-2. The molecule has 140 valence electrons. The van der Waals surface area contributed by atoms with Crippen LogP contribution in [0, 0.1) is 0 Å². The Hall–Kier alpha value is -3.14. The van der Waals surface area contributed by atoms with Crippen LogP contribution in [0.5, 0.6) is 5.75 Å². The standard InChI is InChI=1S/C24H22N2O2/c27-24(15-28-23-11-12-25-22-8-4-3-7-21(22)23)26-18-9-10-20-17(14-18)13-16-5-1-2-6-19(16)20/h1-2,5-6,9-12,14H,3-4,7-8,13,15H2,(H,26,27). The Bertz CT molecular complexity index is 1060. The second-order valence-electron chi connectivity index (χ2n) is 7.48. The van der Waals surface area contributed by atoms with Gasteiger partial charge in [-0.25, -0.2) is 0 Å². The van der Waals surface area contributed by atoms with E-state index in [9.17, 15) is 4.79 Å². The van der Waals surface area contributed by atoms with Gasteiger partial charge in [-0.3, -0.25) is 9.78 Å². The number of hydrogen-bond donors (Lipinski definition) is 1. The van der Waals surface area contributed by atoms with Gasteiger partial charge in [0.15, 0.2) is 6.61 Å². The van der Waals surface area contributed by atoms with E-state index in [-0.39, 0.29) is 12.5 Å². The van der Waals surface area contributed by atoms with Crippen molar-refractivity contribution in [2.75, 3.05) is 11.9 Å². The number of nitrogens with one attached hydrogen (secondary N) is 1. The van der Waals surface area contributed by atoms with E-state index in [0.717, 1.165) is 48.4 Å². The zero-order chi connectivity index (χ0) is 18.9. The van der Waals surface area contributed by atoms with Crippen molar-refractivity contribution in [1.29, 1.82) is 0 Å². The van der Waals surface area contributed by atoms with Crippen LogP contribution in [0.25, 0.3) is 11.1 Å². The number of nitrogens with zero attached hydrogens (tertiary/aromatic N) is 1. The predicted molar refractivity (Wildman–Crippen MR) is 110 cm³/mol. The van der Waals surface area contributed by atoms with Crippen molar-refractivity contribution in [3.8, 4) is 16.9 Å². The van der Waals surface area contributed by atoms with Crippen molar-refractivity contribution in [3.05, 3.63) is 77.1 Å². The van der Waals surface area contributed by atoms with Crippen LogP contribution < -0.4 is 10.1 Å². The first kappa shape index (κ1) is 17.0. The lowest BCUT2D eigenvalue weighted by molar-refractivity contribution is -0.118. The largest absolute Gasteiger partial charge is 0.483 e. The molecule has 4 heteroatoms. The van der Waals surface area contributed by atoms with E-state index < -0.39 is 0 Å². The van der Waals surface area contributed by atoms with Crippen LogP contribution in [0.4, 0.5) is 5.69 Å². The van der Waals surface area contributed by atoms with Crippen molar-refractivity contribution < 1.29 is 9.53 Å². The molecule has 1 N–H and O–H groups in total. The summed E-state index contributed by atoms with van der Waals surface area (Å²) in [5.41, 5.74) is 8.24. The molecule has 0 saturated carbocycles. The van der Waals surface area contributed by atoms with Gasteiger partial charge in [-0.2, -0.15) is 0 Å². The molecule has 2 aliphatic carbocycles. The Balaban J connectivity index is 1.25. The maximum atomic E-state index is 12.4. The molecule has 3 aromatic rings. The zero-order valence-corrected chi connectivity index (χ0v) is 15.7. The molecule has 0 fully saturated rings. The number of aromatic nitrogens is 1. The normalized spacial score (nSPS) is 14.0. The van der Waals surface area contributed by atoms with Gasteiger partial charge in [0.2, 0.25) is 0 Å². The lowest BCUT2D eigenvalue weighted by atomic mass is 9.95. The first-order chi connectivity index (χ1) is 13.8. The maximum absolute atomic E-state index is 12.4. The van der Waals surface area contributed by atoms with Crippen LogP contribution in [0.2, 0.25) is 0 Å². The number of carbonyl (C=O) groups is 1. The second kappa shape index (κ2) is 7.12. The molecule has 2 aromatic carbocycles. The molecule has 0 saturated heterocycles. The summed E-state index contributed by atoms with van der Waals surface area (Å²) in [5, 5.41) is 2.97. The third kappa shape index (κ3) is 3.15. The van der Waals surface area contributed by atoms with Crippen LogP contribution in [0.1, 0.15) is 35.2 Å². The number of rotatable bonds is 4. The fraction of sp³-hybridized carbons (Fsp3) is 0.250. The van der Waals surface area contributed by atoms with Crippen LogP contribution in [-0.2, 0) is 24.1 Å². The molecule has 4 nitrogen and oxygen atoms in total. The molecule has 5 rings (SSSR count). The number of fused-ring (bicyclic) bond motifs is 4. The first-order valence-electron chi connectivity index (χ1n) is 9.88. The predicted octanol–water partition coefficient (Wildman–Crippen LogP) is 4.55. The number of pyridine rings is 1. The summed E-state index contributed by atoms with van der Waals surface area (Å²) in [6.45, 7) is 0.00770. The molecule has 1 amide bonds. The van der Waals surface area contributed by atoms with Gasteiger partial charge < -0.3 is 10.1 Å². The van der Waals surface area contributed by atoms with Gasteiger partial charge in [-0.05, 0) is 72.6 Å². The minimum absolute atomic E-state index is 0.00770. The zero-order valence-electron chi connectivity index (χ0n) is 15.7. The van der Waals surface area contributed by atoms with Crippen LogP contribution in [0.15, 0.2) is 54.7 Å². The van der Waals surface area contributed by atoms with Gasteiger partial charge in [-0.15, -0.1) is 0 Å². The van der Waals surface area contributed by atoms with Crippen molar-refractivity contribution in [2.24, 2.45) is 0 Å². The third-order valence-corrected chi connectivity index (χ3v) is 5.63. The quantitative estimate of drug-likeness (QED) is 0.573. The Kier molecular flexibility index (Phi) is 4.32. The highest BCUT2D eigenvalue weighted by molar-refractivity contribution is 5.93. The van der Waals surface area contributed by atoms with Crippen molar-refractivity contribution >= 4 is 11.6 Å². The number of aryl methyl sites for hydroxylation is 1. The summed E-state index contributed by atoms with van der Waals surface area (Å²) in [4.78, 5) is 16.9. The Morgan fingerprint density at radius 2 is 1.86 bits per heavy atom. The highest BCUT2D eigenvalue weighted by atomic mass is 16.5. The van der Waals surface area contributed by atoms with E-state index in [4.69, 9.17) is 4.74 Å². The molecule has 0 unspecified atom stereocenters. The summed E-state index contributed by atoms with van der Waals surface area (Å²) in [5.74, 6) is 0.654. The van der Waals surface area contributed by atoms with Crippen LogP contribution in [0.3, 0.4) is 0 Å². The Labute approximate surface area is 164 Å². The van der Waals surface area contributed by atoms with E-state index in [1.807, 2.05) is 12.1 Å². The van der Waals surface area contributed by atoms with Crippen molar-refractivity contribution in [2.45, 2.75) is 32.1 Å². The number of hydrogen-bond acceptors (Lipinski definition) is 3. The molecule has 2 aliphatic rings. The molecule has 28 heavy (non-hydrogen) atoms. The Morgan fingerprint density at radius 1 is 1.00 bits per heavy atom. The van der Waals surface area contributed by atoms with Gasteiger partial charge in [0.1, 0.15) is 5.75 Å². The number of amides is 1. The summed E-state index contributed by atoms with van der Waals surface area (Å²) in [6.07, 6.45) is 6.98. The number of ether oxygens (including phenoxy) is 1. The molecule has 0 aliphatic heterocycles. The lowest BCUT2D eigenvalue weighted by Gasteiger charge is -2.18. The van der Waals surface area contributed by atoms with E-state index in [2.05, 4.69) is 46.7 Å². The van der Waals surface area contributed by atoms with Crippen molar-refractivity contribution in [3.63, 3.8) is 0 Å². The molecular formula is C24H22N2O2. The topological polar surface area (TPSA) is 51.2 Å². The smallest absolute Gasteiger partial charge is 0.262 e. The van der Waals surface area contributed by atoms with E-state index >= 15 is 0 Å². The summed E-state index contributed by atoms with van der Waals surface area (Å²) < 4.78 is 5.83. The van der Waals surface area contributed by atoms with Gasteiger partial charge in [0.25, 0.3) is 5.91 Å². The third-order valence-electron chi connectivity index (χ3n) is 5.63. The van der Waals surface area contributed by atoms with E-state index in [1.54, 1.807) is 6.20 Å². The molecule has 0 radical (unpaired) electrons. The molecule has 0 spiro atoms. The highest BCUT2D eigenvalue weighted by Gasteiger charge is 2.19. The fourth-order valence-electron chi connectivity index (χ4n) is 4.29. The fourth-order valence-corrected chi connectivity index (χ4v) is 4.29. The molecule has 1 heterocycles. The molecule has 0 bridgehead atoms. The summed E-state index contributed by atoms with van der Waals surface area (Å²) in [6, 6.07) is 16.5. The van der Waals surface area contributed by atoms with Gasteiger partial charge in [0.05, 0.1) is 0 Å². The van der Waals surface area contributed by atoms with E-state index in [0.29, 0.717) is 0 Å². The average molecular weight is 370 g/mol. The summed E-state index contributed by atoms with van der Waals surface area (Å²) >= 11 is 0. The van der Waals surface area contributed by atoms with Gasteiger partial charge >= 0.3 is 0 Å².